The highest BCUT2D eigenvalue weighted by molar-refractivity contribution is 6.01. The predicted molar refractivity (Wildman–Crippen MR) is 484 cm³/mol. The van der Waals surface area contributed by atoms with Gasteiger partial charge in [0.25, 0.3) is 0 Å². The Bertz CT molecular complexity index is 3860. The van der Waals surface area contributed by atoms with Crippen LogP contribution in [0, 0.1) is 41.4 Å². The Morgan fingerprint density at radius 2 is 0.667 bits per heavy atom. The van der Waals surface area contributed by atoms with Crippen molar-refractivity contribution in [1.29, 1.82) is 0 Å². The minimum atomic E-state index is -1.41. The third kappa shape index (κ3) is 42.5. The average Bonchev–Trinajstić information content (AvgIpc) is 1.70. The predicted octanol–water partition coefficient (Wildman–Crippen LogP) is -2.39. The molecule has 2 aromatic rings. The molecule has 0 unspecified atom stereocenters. The van der Waals surface area contributed by atoms with Gasteiger partial charge >= 0.3 is 0 Å². The van der Waals surface area contributed by atoms with Crippen molar-refractivity contribution < 1.29 is 71.9 Å². The number of fused-ring (bicyclic) bond motifs is 1. The fourth-order valence-electron chi connectivity index (χ4n) is 13.9. The van der Waals surface area contributed by atoms with E-state index in [2.05, 4.69) is 89.4 Å². The van der Waals surface area contributed by atoms with Crippen LogP contribution in [-0.4, -0.2) is 230 Å². The number of carbonyl (C=O) groups excluding carboxylic acids is 15. The fourth-order valence-corrected chi connectivity index (χ4v) is 13.9. The van der Waals surface area contributed by atoms with Crippen LogP contribution in [-0.2, 0) is 78.3 Å². The van der Waals surface area contributed by atoms with Crippen molar-refractivity contribution in [1.82, 2.24) is 79.4 Å². The van der Waals surface area contributed by atoms with Crippen LogP contribution in [0.15, 0.2) is 40.4 Å². The number of benzene rings is 1. The summed E-state index contributed by atoms with van der Waals surface area (Å²) in [7, 11) is 0. The van der Waals surface area contributed by atoms with Gasteiger partial charge in [-0.3, -0.25) is 81.9 Å². The van der Waals surface area contributed by atoms with Gasteiger partial charge in [0.15, 0.2) is 11.9 Å². The van der Waals surface area contributed by atoms with Crippen LogP contribution in [0.5, 0.6) is 0 Å². The number of nitrogens with one attached hydrogen (secondary N) is 15. The highest BCUT2D eigenvalue weighted by Crippen LogP contribution is 2.22. The van der Waals surface area contributed by atoms with E-state index in [-0.39, 0.29) is 145 Å². The zero-order valence-electron chi connectivity index (χ0n) is 76.5. The monoisotopic (exact) mass is 1780 g/mol. The zero-order valence-corrected chi connectivity index (χ0v) is 76.5. The van der Waals surface area contributed by atoms with Gasteiger partial charge in [-0.2, -0.15) is 0 Å². The number of aromatic nitrogens is 1. The zero-order chi connectivity index (χ0) is 95.0. The van der Waals surface area contributed by atoms with E-state index < -0.39 is 198 Å². The number of primary amides is 1. The quantitative estimate of drug-likeness (QED) is 0.0187. The van der Waals surface area contributed by atoms with Crippen molar-refractivity contribution in [3.05, 3.63) is 36.0 Å². The molecule has 41 nitrogen and oxygen atoms in total. The van der Waals surface area contributed by atoms with Crippen LogP contribution in [0.25, 0.3) is 10.9 Å². The van der Waals surface area contributed by atoms with E-state index in [4.69, 9.17) is 51.6 Å². The number of nitrogens with two attached hydrogens (primary N) is 9. The molecule has 0 aliphatic carbocycles. The fraction of sp³-hybridized carbons (Fsp3) is 0.706. The van der Waals surface area contributed by atoms with Gasteiger partial charge in [0.1, 0.15) is 78.5 Å². The minimum Gasteiger partial charge on any atom is -0.370 e. The third-order valence-electron chi connectivity index (χ3n) is 20.9. The normalized spacial score (nSPS) is 14.8. The lowest BCUT2D eigenvalue weighted by Gasteiger charge is -2.31. The van der Waals surface area contributed by atoms with Crippen LogP contribution >= 0.6 is 0 Å². The summed E-state index contributed by atoms with van der Waals surface area (Å²) in [4.78, 5) is 224. The lowest BCUT2D eigenvalue weighted by Crippen LogP contribution is -2.62. The van der Waals surface area contributed by atoms with Gasteiger partial charge in [0.2, 0.25) is 88.6 Å². The van der Waals surface area contributed by atoms with E-state index in [0.29, 0.717) is 50.5 Å². The number of aromatic amines is 1. The van der Waals surface area contributed by atoms with Crippen molar-refractivity contribution in [2.75, 3.05) is 45.8 Å². The van der Waals surface area contributed by atoms with E-state index in [1.807, 2.05) is 52.0 Å². The maximum Gasteiger partial charge on any atom is 0.243 e. The first-order chi connectivity index (χ1) is 59.4. The number of para-hydroxylation sites is 1. The second-order valence-corrected chi connectivity index (χ2v) is 34.7. The molecule has 712 valence electrons. The number of carbonyl (C=O) groups is 15. The maximum atomic E-state index is 14.9. The molecule has 0 fully saturated rings. The van der Waals surface area contributed by atoms with Gasteiger partial charge in [-0.15, -0.1) is 0 Å². The summed E-state index contributed by atoms with van der Waals surface area (Å²) in [6.45, 7) is 24.3. The lowest BCUT2D eigenvalue weighted by molar-refractivity contribution is -0.137. The van der Waals surface area contributed by atoms with Crippen LogP contribution in [0.4, 0.5) is 0 Å². The Balaban J connectivity index is 2.52. The first kappa shape index (κ1) is 111. The number of hydrogen-bond donors (Lipinski definition) is 24. The summed E-state index contributed by atoms with van der Waals surface area (Å²) in [6, 6.07) is -9.27. The Hall–Kier alpha value is -10.8. The molecule has 0 bridgehead atoms. The molecular weight excluding hydrogens is 1630 g/mol. The molecule has 1 aromatic carbocycles. The maximum absolute atomic E-state index is 14.9. The molecule has 1 aromatic heterocycles. The summed E-state index contributed by atoms with van der Waals surface area (Å²) < 4.78 is 0. The molecule has 15 amide bonds. The highest BCUT2D eigenvalue weighted by atomic mass is 16.2. The van der Waals surface area contributed by atoms with Crippen LogP contribution < -0.4 is 126 Å². The van der Waals surface area contributed by atoms with E-state index in [0.717, 1.165) is 10.9 Å². The molecule has 0 spiro atoms. The van der Waals surface area contributed by atoms with E-state index in [9.17, 15) is 71.9 Å². The molecule has 1 heterocycles. The number of H-pyrrole nitrogens is 1. The molecule has 0 saturated carbocycles. The first-order valence-electron chi connectivity index (χ1n) is 44.4. The molecule has 126 heavy (non-hydrogen) atoms. The first-order valence-corrected chi connectivity index (χ1v) is 44.4. The number of rotatable bonds is 63. The summed E-state index contributed by atoms with van der Waals surface area (Å²) >= 11 is 0. The van der Waals surface area contributed by atoms with Gasteiger partial charge in [-0.25, -0.2) is 0 Å². The van der Waals surface area contributed by atoms with Gasteiger partial charge < -0.3 is 131 Å². The number of guanidine groups is 2. The number of unbranched alkanes of at least 4 members (excludes halogenated alkanes) is 3. The molecule has 2 rings (SSSR count). The van der Waals surface area contributed by atoms with Gasteiger partial charge in [0.05, 0.1) is 13.1 Å². The van der Waals surface area contributed by atoms with E-state index in [1.165, 1.54) is 0 Å². The standard InChI is InChI=1S/C85H152N26O15/c1-15-52(14)70(83(126)108-64(41-49(8)9)79(122)104-60(32-25-37-96-85(93)94)76(119)110-69(51(12)13)82(125)107-63(40-48(6)7)78(121)102-57(29-19-22-34-87)75(118)109-68(50(10)11)81(124)105-61(71(90)114)38-46(2)3)111-77(120)58(30-20-23-35-88)101-73(116)56(28-18-21-33-86)99-67(113)45-98-72(115)62(39-47(4)5)106-74(117)59(31-24-36-95-84(91)92)103-80(123)65(100-66(112)43-89)42-53-44-97-55-27-17-16-26-54(53)55/h16-17,26-27,44,46-52,56-65,68-70,97H,15,18-25,28-43,45,86-89H2,1-14H3,(H2,90,114)(H,98,115)(H,99,113)(H,100,112)(H,101,116)(H,102,121)(H,103,123)(H,104,122)(H,105,124)(H,106,117)(H,107,125)(H,108,126)(H,109,118)(H,110,119)(H,111,120)(H4,91,92,95)(H4,93,94,96)/t52-,56-,57-,58-,59-,60-,61-,62-,63-,64-,65-,68-,69-,70-/m0/s1. The van der Waals surface area contributed by atoms with E-state index in [1.54, 1.807) is 75.4 Å². The van der Waals surface area contributed by atoms with Gasteiger partial charge in [-0.05, 0) is 182 Å². The number of amides is 15. The summed E-state index contributed by atoms with van der Waals surface area (Å²) in [6.07, 6.45) is 4.97. The average molecular weight is 1780 g/mol. The van der Waals surface area contributed by atoms with Gasteiger partial charge in [0, 0.05) is 36.6 Å². The van der Waals surface area contributed by atoms with Crippen LogP contribution in [0.3, 0.4) is 0 Å². The van der Waals surface area contributed by atoms with Crippen molar-refractivity contribution >= 4 is 111 Å². The Labute approximate surface area is 741 Å². The second-order valence-electron chi connectivity index (χ2n) is 34.7. The molecule has 14 atom stereocenters. The lowest BCUT2D eigenvalue weighted by atomic mass is 9.95. The molecule has 0 aliphatic rings. The summed E-state index contributed by atoms with van der Waals surface area (Å²) in [5, 5.41) is 39.0. The third-order valence-corrected chi connectivity index (χ3v) is 20.9. The largest absolute Gasteiger partial charge is 0.370 e. The molecular formula is C85H152N26O15. The van der Waals surface area contributed by atoms with Crippen molar-refractivity contribution in [3.8, 4) is 0 Å². The molecule has 0 saturated heterocycles. The smallest absolute Gasteiger partial charge is 0.243 e. The molecule has 0 radical (unpaired) electrons. The van der Waals surface area contributed by atoms with E-state index >= 15 is 0 Å². The molecule has 33 N–H and O–H groups in total. The highest BCUT2D eigenvalue weighted by Gasteiger charge is 2.40. The number of hydrogen-bond acceptors (Lipinski definition) is 21. The SMILES string of the molecule is CC[C@H](C)[C@H](NC(=O)[C@H](CCCCN)NC(=O)[C@H](CCCCN)NC(=O)CNC(=O)[C@H](CC(C)C)NC(=O)[C@H](CCCN=C(N)N)NC(=O)[C@H](Cc1c[nH]c2ccccc12)NC(=O)CN)C(=O)N[C@@H](CC(C)C)C(=O)N[C@@H](CCCN=C(N)N)C(=O)N[C@H](C(=O)N[C@@H](CC(C)C)C(=O)N[C@@H](CCCCN)C(=O)N[C@H](C(=O)N[C@@H](CC(C)C)C(N)=O)C(C)C)C(C)C. The van der Waals surface area contributed by atoms with Crippen molar-refractivity contribution in [2.45, 2.75) is 297 Å². The molecule has 41 heteroatoms. The summed E-state index contributed by atoms with van der Waals surface area (Å²) in [5.74, 6) is -14.4. The Kier molecular flexibility index (Phi) is 52.3. The number of aliphatic imine (C=N–C) groups is 2. The Morgan fingerprint density at radius 3 is 1.04 bits per heavy atom. The van der Waals surface area contributed by atoms with Crippen molar-refractivity contribution in [2.24, 2.45) is 103 Å². The van der Waals surface area contributed by atoms with Crippen molar-refractivity contribution in [3.63, 3.8) is 0 Å². The van der Waals surface area contributed by atoms with Gasteiger partial charge in [-0.1, -0.05) is 122 Å². The second kappa shape index (κ2) is 59.2. The Morgan fingerprint density at radius 1 is 0.349 bits per heavy atom. The van der Waals surface area contributed by atoms with Crippen LogP contribution in [0.2, 0.25) is 0 Å². The topological polar surface area (TPSA) is 699 Å². The minimum absolute atomic E-state index is 0.00293. The number of nitrogens with zero attached hydrogens (tertiary/aromatic N) is 2. The summed E-state index contributed by atoms with van der Waals surface area (Å²) in [5.41, 5.74) is 52.8. The molecule has 0 aliphatic heterocycles. The van der Waals surface area contributed by atoms with Crippen LogP contribution in [0.1, 0.15) is 218 Å².